The van der Waals surface area contributed by atoms with Crippen LogP contribution in [0.5, 0.6) is 0 Å². The van der Waals surface area contributed by atoms with E-state index >= 15 is 0 Å². The number of carbonyl (C=O) groups excluding carboxylic acids is 1. The third-order valence-electron chi connectivity index (χ3n) is 3.83. The number of methoxy groups -OCH3 is 1. The average Bonchev–Trinajstić information content (AvgIpc) is 2.71. The summed E-state index contributed by atoms with van der Waals surface area (Å²) in [5.41, 5.74) is -0.517. The van der Waals surface area contributed by atoms with Gasteiger partial charge in [-0.3, -0.25) is 0 Å². The molecule has 1 atom stereocenters. The minimum atomic E-state index is -0.433. The molecule has 0 saturated carbocycles. The zero-order valence-corrected chi connectivity index (χ0v) is 12.4. The maximum absolute atomic E-state index is 12.0. The summed E-state index contributed by atoms with van der Waals surface area (Å²) in [6.45, 7) is 7.73. The van der Waals surface area contributed by atoms with Crippen LogP contribution in [-0.2, 0) is 14.2 Å². The van der Waals surface area contributed by atoms with E-state index in [0.717, 1.165) is 19.3 Å². The molecule has 5 nitrogen and oxygen atoms in total. The highest BCUT2D eigenvalue weighted by Gasteiger charge is 2.44. The number of likely N-dealkylation sites (tertiary alicyclic amines) is 1. The first kappa shape index (κ1) is 14.6. The molecule has 1 unspecified atom stereocenters. The second-order valence-corrected chi connectivity index (χ2v) is 6.52. The molecule has 0 aliphatic carbocycles. The van der Waals surface area contributed by atoms with E-state index in [4.69, 9.17) is 14.2 Å². The van der Waals surface area contributed by atoms with Crippen LogP contribution in [0.1, 0.15) is 40.0 Å². The highest BCUT2D eigenvalue weighted by atomic mass is 16.6. The zero-order valence-electron chi connectivity index (χ0n) is 12.4. The summed E-state index contributed by atoms with van der Waals surface area (Å²) in [4.78, 5) is 13.8. The van der Waals surface area contributed by atoms with Gasteiger partial charge < -0.3 is 19.1 Å². The molecular formula is C14H25NO4. The SMILES string of the molecule is COC1COC2(CCN(C(=O)OC(C)(C)C)CC2)C1. The van der Waals surface area contributed by atoms with E-state index in [1.54, 1.807) is 12.0 Å². The topological polar surface area (TPSA) is 48.0 Å². The summed E-state index contributed by atoms with van der Waals surface area (Å²) >= 11 is 0. The van der Waals surface area contributed by atoms with Gasteiger partial charge in [0.2, 0.25) is 0 Å². The van der Waals surface area contributed by atoms with Gasteiger partial charge in [0.05, 0.1) is 18.3 Å². The third-order valence-corrected chi connectivity index (χ3v) is 3.83. The predicted octanol–water partition coefficient (Wildman–Crippen LogP) is 2.19. The monoisotopic (exact) mass is 271 g/mol. The Morgan fingerprint density at radius 3 is 2.42 bits per heavy atom. The molecule has 2 aliphatic rings. The van der Waals surface area contributed by atoms with Crippen molar-refractivity contribution in [2.45, 2.75) is 57.3 Å². The molecule has 2 heterocycles. The largest absolute Gasteiger partial charge is 0.444 e. The van der Waals surface area contributed by atoms with E-state index < -0.39 is 5.60 Å². The van der Waals surface area contributed by atoms with Crippen LogP contribution in [0, 0.1) is 0 Å². The number of hydrogen-bond acceptors (Lipinski definition) is 4. The van der Waals surface area contributed by atoms with Crippen LogP contribution in [0.4, 0.5) is 4.79 Å². The molecule has 0 N–H and O–H groups in total. The molecule has 2 aliphatic heterocycles. The molecule has 2 saturated heterocycles. The first-order chi connectivity index (χ1) is 8.84. The Balaban J connectivity index is 1.84. The molecular weight excluding hydrogens is 246 g/mol. The number of carbonyl (C=O) groups is 1. The number of rotatable bonds is 1. The average molecular weight is 271 g/mol. The smallest absolute Gasteiger partial charge is 0.410 e. The van der Waals surface area contributed by atoms with Gasteiger partial charge in [-0.1, -0.05) is 0 Å². The van der Waals surface area contributed by atoms with Crippen LogP contribution in [-0.4, -0.2) is 55.1 Å². The summed E-state index contributed by atoms with van der Waals surface area (Å²) in [6, 6.07) is 0. The molecule has 5 heteroatoms. The highest BCUT2D eigenvalue weighted by Crippen LogP contribution is 2.37. The van der Waals surface area contributed by atoms with Crippen molar-refractivity contribution in [2.24, 2.45) is 0 Å². The Hall–Kier alpha value is -0.810. The van der Waals surface area contributed by atoms with Crippen LogP contribution in [0.25, 0.3) is 0 Å². The first-order valence-electron chi connectivity index (χ1n) is 6.98. The van der Waals surface area contributed by atoms with Gasteiger partial charge in [-0.25, -0.2) is 4.79 Å². The number of piperidine rings is 1. The minimum Gasteiger partial charge on any atom is -0.444 e. The van der Waals surface area contributed by atoms with Crippen LogP contribution in [0.15, 0.2) is 0 Å². The molecule has 0 aromatic carbocycles. The van der Waals surface area contributed by atoms with Gasteiger partial charge in [0, 0.05) is 26.6 Å². The van der Waals surface area contributed by atoms with Gasteiger partial charge in [0.15, 0.2) is 0 Å². The fourth-order valence-corrected chi connectivity index (χ4v) is 2.73. The van der Waals surface area contributed by atoms with Crippen molar-refractivity contribution in [1.82, 2.24) is 4.90 Å². The molecule has 0 aromatic heterocycles. The van der Waals surface area contributed by atoms with E-state index in [-0.39, 0.29) is 17.8 Å². The second-order valence-electron chi connectivity index (χ2n) is 6.52. The van der Waals surface area contributed by atoms with Gasteiger partial charge in [0.1, 0.15) is 5.60 Å². The fourth-order valence-electron chi connectivity index (χ4n) is 2.73. The molecule has 1 amide bonds. The van der Waals surface area contributed by atoms with Crippen molar-refractivity contribution in [1.29, 1.82) is 0 Å². The van der Waals surface area contributed by atoms with Crippen molar-refractivity contribution < 1.29 is 19.0 Å². The van der Waals surface area contributed by atoms with E-state index in [1.165, 1.54) is 0 Å². The molecule has 0 radical (unpaired) electrons. The van der Waals surface area contributed by atoms with E-state index in [2.05, 4.69) is 0 Å². The highest BCUT2D eigenvalue weighted by molar-refractivity contribution is 5.68. The standard InChI is InChI=1S/C14H25NO4/c1-13(2,3)19-12(16)15-7-5-14(6-8-15)9-11(17-4)10-18-14/h11H,5-10H2,1-4H3. The van der Waals surface area contributed by atoms with Gasteiger partial charge in [-0.2, -0.15) is 0 Å². The minimum absolute atomic E-state index is 0.0841. The van der Waals surface area contributed by atoms with Crippen molar-refractivity contribution >= 4 is 6.09 Å². The van der Waals surface area contributed by atoms with Gasteiger partial charge in [-0.05, 0) is 33.6 Å². The van der Waals surface area contributed by atoms with E-state index in [9.17, 15) is 4.79 Å². The van der Waals surface area contributed by atoms with E-state index in [1.807, 2.05) is 20.8 Å². The molecule has 2 rings (SSSR count). The number of amides is 1. The number of ether oxygens (including phenoxy) is 3. The molecule has 19 heavy (non-hydrogen) atoms. The van der Waals surface area contributed by atoms with Crippen molar-refractivity contribution in [3.8, 4) is 0 Å². The predicted molar refractivity (Wildman–Crippen MR) is 71.1 cm³/mol. The third kappa shape index (κ3) is 3.60. The number of hydrogen-bond donors (Lipinski definition) is 0. The van der Waals surface area contributed by atoms with Crippen LogP contribution >= 0.6 is 0 Å². The van der Waals surface area contributed by atoms with Crippen LogP contribution in [0.2, 0.25) is 0 Å². The van der Waals surface area contributed by atoms with Crippen molar-refractivity contribution in [3.63, 3.8) is 0 Å². The zero-order chi connectivity index (χ0) is 14.1. The van der Waals surface area contributed by atoms with Crippen LogP contribution < -0.4 is 0 Å². The Labute approximate surface area is 115 Å². The molecule has 2 fully saturated rings. The van der Waals surface area contributed by atoms with Crippen molar-refractivity contribution in [3.05, 3.63) is 0 Å². The molecule has 110 valence electrons. The lowest BCUT2D eigenvalue weighted by molar-refractivity contribution is -0.0494. The first-order valence-corrected chi connectivity index (χ1v) is 6.98. The maximum atomic E-state index is 12.0. The summed E-state index contributed by atoms with van der Waals surface area (Å²) in [7, 11) is 1.73. The summed E-state index contributed by atoms with van der Waals surface area (Å²) < 4.78 is 16.7. The second kappa shape index (κ2) is 5.29. The summed E-state index contributed by atoms with van der Waals surface area (Å²) in [5.74, 6) is 0. The Kier molecular flexibility index (Phi) is 4.06. The maximum Gasteiger partial charge on any atom is 0.410 e. The lowest BCUT2D eigenvalue weighted by atomic mass is 9.88. The van der Waals surface area contributed by atoms with Gasteiger partial charge in [-0.15, -0.1) is 0 Å². The number of nitrogens with zero attached hydrogens (tertiary/aromatic N) is 1. The molecule has 1 spiro atoms. The Bertz CT molecular complexity index is 329. The van der Waals surface area contributed by atoms with Crippen LogP contribution in [0.3, 0.4) is 0 Å². The Morgan fingerprint density at radius 1 is 1.32 bits per heavy atom. The quantitative estimate of drug-likeness (QED) is 0.733. The normalized spacial score (nSPS) is 26.7. The summed E-state index contributed by atoms with van der Waals surface area (Å²) in [5, 5.41) is 0. The lowest BCUT2D eigenvalue weighted by Gasteiger charge is -2.38. The lowest BCUT2D eigenvalue weighted by Crippen LogP contribution is -2.48. The molecule has 0 bridgehead atoms. The van der Waals surface area contributed by atoms with Crippen molar-refractivity contribution in [2.75, 3.05) is 26.8 Å². The van der Waals surface area contributed by atoms with Gasteiger partial charge >= 0.3 is 6.09 Å². The molecule has 0 aromatic rings. The fraction of sp³-hybridized carbons (Fsp3) is 0.929. The summed E-state index contributed by atoms with van der Waals surface area (Å²) in [6.07, 6.45) is 2.65. The van der Waals surface area contributed by atoms with E-state index in [0.29, 0.717) is 19.7 Å². The van der Waals surface area contributed by atoms with Gasteiger partial charge in [0.25, 0.3) is 0 Å². The Morgan fingerprint density at radius 2 is 1.95 bits per heavy atom.